The smallest absolute Gasteiger partial charge is 0.332 e. The molecule has 0 aliphatic carbocycles. The normalized spacial score (nSPS) is 11.0. The maximum Gasteiger partial charge on any atom is 0.332 e. The van der Waals surface area contributed by atoms with Crippen molar-refractivity contribution in [1.29, 1.82) is 0 Å². The fourth-order valence-corrected chi connectivity index (χ4v) is 3.07. The standard InChI is InChI=1S/C21H17N3O4/c1-14-6-8-15(9-7-14)18(25)13-23-17-5-2-10-22-19(17)20(26)24(21(23)27)12-16-4-3-11-28-16/h2-11H,12-13H2,1H3. The van der Waals surface area contributed by atoms with Gasteiger partial charge in [0, 0.05) is 11.8 Å². The van der Waals surface area contributed by atoms with Gasteiger partial charge in [0.05, 0.1) is 24.9 Å². The van der Waals surface area contributed by atoms with Gasteiger partial charge in [0.2, 0.25) is 0 Å². The van der Waals surface area contributed by atoms with Gasteiger partial charge in [-0.2, -0.15) is 0 Å². The molecule has 0 aliphatic heterocycles. The molecule has 0 saturated heterocycles. The van der Waals surface area contributed by atoms with Gasteiger partial charge in [-0.15, -0.1) is 0 Å². The zero-order chi connectivity index (χ0) is 19.7. The van der Waals surface area contributed by atoms with Crippen molar-refractivity contribution in [2.75, 3.05) is 0 Å². The number of carbonyl (C=O) groups is 1. The van der Waals surface area contributed by atoms with Gasteiger partial charge in [0.1, 0.15) is 5.76 Å². The van der Waals surface area contributed by atoms with E-state index in [1.165, 1.54) is 17.0 Å². The third-order valence-electron chi connectivity index (χ3n) is 4.56. The Bertz CT molecular complexity index is 1270. The molecule has 0 bridgehead atoms. The summed E-state index contributed by atoms with van der Waals surface area (Å²) >= 11 is 0. The van der Waals surface area contributed by atoms with Gasteiger partial charge in [0.25, 0.3) is 5.56 Å². The molecule has 28 heavy (non-hydrogen) atoms. The molecule has 0 N–H and O–H groups in total. The lowest BCUT2D eigenvalue weighted by molar-refractivity contribution is 0.0971. The highest BCUT2D eigenvalue weighted by molar-refractivity contribution is 5.96. The summed E-state index contributed by atoms with van der Waals surface area (Å²) in [6.45, 7) is 1.71. The second kappa shape index (κ2) is 7.11. The third kappa shape index (κ3) is 3.18. The monoisotopic (exact) mass is 375 g/mol. The highest BCUT2D eigenvalue weighted by Gasteiger charge is 2.17. The van der Waals surface area contributed by atoms with E-state index >= 15 is 0 Å². The first-order valence-electron chi connectivity index (χ1n) is 8.75. The van der Waals surface area contributed by atoms with E-state index in [4.69, 9.17) is 4.42 Å². The fourth-order valence-electron chi connectivity index (χ4n) is 3.07. The average molecular weight is 375 g/mol. The number of hydrogen-bond acceptors (Lipinski definition) is 5. The van der Waals surface area contributed by atoms with Crippen LogP contribution in [0.25, 0.3) is 11.0 Å². The Morgan fingerprint density at radius 3 is 2.54 bits per heavy atom. The van der Waals surface area contributed by atoms with Crippen LogP contribution in [0.1, 0.15) is 21.7 Å². The maximum absolute atomic E-state index is 13.1. The Kier molecular flexibility index (Phi) is 4.49. The summed E-state index contributed by atoms with van der Waals surface area (Å²) in [6, 6.07) is 13.7. The van der Waals surface area contributed by atoms with E-state index in [-0.39, 0.29) is 24.4 Å². The summed E-state index contributed by atoms with van der Waals surface area (Å²) in [5, 5.41) is 0. The molecule has 7 nitrogen and oxygen atoms in total. The van der Waals surface area contributed by atoms with Crippen molar-refractivity contribution in [2.45, 2.75) is 20.0 Å². The first-order valence-corrected chi connectivity index (χ1v) is 8.75. The number of furan rings is 1. The molecule has 0 unspecified atom stereocenters. The Labute approximate surface area is 159 Å². The van der Waals surface area contributed by atoms with Crippen molar-refractivity contribution < 1.29 is 9.21 Å². The Balaban J connectivity index is 1.84. The number of benzene rings is 1. The third-order valence-corrected chi connectivity index (χ3v) is 4.56. The van der Waals surface area contributed by atoms with Crippen LogP contribution in [0, 0.1) is 6.92 Å². The second-order valence-corrected chi connectivity index (χ2v) is 6.50. The minimum absolute atomic E-state index is 0.0318. The summed E-state index contributed by atoms with van der Waals surface area (Å²) in [5.74, 6) is 0.237. The van der Waals surface area contributed by atoms with E-state index in [0.717, 1.165) is 10.1 Å². The van der Waals surface area contributed by atoms with Gasteiger partial charge < -0.3 is 4.42 Å². The van der Waals surface area contributed by atoms with Crippen LogP contribution in [0.4, 0.5) is 0 Å². The van der Waals surface area contributed by atoms with Crippen LogP contribution in [0.5, 0.6) is 0 Å². The van der Waals surface area contributed by atoms with Gasteiger partial charge in [0.15, 0.2) is 11.3 Å². The summed E-state index contributed by atoms with van der Waals surface area (Å²) in [7, 11) is 0. The molecule has 0 spiro atoms. The molecule has 7 heteroatoms. The molecule has 0 atom stereocenters. The lowest BCUT2D eigenvalue weighted by atomic mass is 10.1. The van der Waals surface area contributed by atoms with Crippen LogP contribution in [-0.4, -0.2) is 19.9 Å². The lowest BCUT2D eigenvalue weighted by Crippen LogP contribution is -2.41. The lowest BCUT2D eigenvalue weighted by Gasteiger charge is -2.12. The molecular formula is C21H17N3O4. The molecule has 1 aromatic carbocycles. The summed E-state index contributed by atoms with van der Waals surface area (Å²) in [5.41, 5.74) is 0.895. The van der Waals surface area contributed by atoms with E-state index in [1.807, 2.05) is 19.1 Å². The highest BCUT2D eigenvalue weighted by atomic mass is 16.3. The molecule has 4 aromatic rings. The predicted molar refractivity (Wildman–Crippen MR) is 104 cm³/mol. The topological polar surface area (TPSA) is 87.1 Å². The van der Waals surface area contributed by atoms with E-state index in [9.17, 15) is 14.4 Å². The van der Waals surface area contributed by atoms with Gasteiger partial charge in [-0.1, -0.05) is 29.8 Å². The first-order chi connectivity index (χ1) is 13.5. The van der Waals surface area contributed by atoms with E-state index in [2.05, 4.69) is 4.98 Å². The molecule has 4 rings (SSSR count). The molecule has 0 aliphatic rings. The van der Waals surface area contributed by atoms with Crippen molar-refractivity contribution in [2.24, 2.45) is 0 Å². The summed E-state index contributed by atoms with van der Waals surface area (Å²) in [6.07, 6.45) is 2.96. The molecule has 0 radical (unpaired) electrons. The minimum atomic E-state index is -0.581. The molecular weight excluding hydrogens is 358 g/mol. The van der Waals surface area contributed by atoms with Gasteiger partial charge in [-0.05, 0) is 31.2 Å². The summed E-state index contributed by atoms with van der Waals surface area (Å²) < 4.78 is 7.59. The average Bonchev–Trinajstić information content (AvgIpc) is 3.22. The maximum atomic E-state index is 13.1. The zero-order valence-electron chi connectivity index (χ0n) is 15.2. The summed E-state index contributed by atoms with van der Waals surface area (Å²) in [4.78, 5) is 42.7. The van der Waals surface area contributed by atoms with Crippen LogP contribution >= 0.6 is 0 Å². The first kappa shape index (κ1) is 17.7. The zero-order valence-corrected chi connectivity index (χ0v) is 15.2. The largest absolute Gasteiger partial charge is 0.467 e. The van der Waals surface area contributed by atoms with Crippen molar-refractivity contribution >= 4 is 16.8 Å². The van der Waals surface area contributed by atoms with Crippen LogP contribution < -0.4 is 11.2 Å². The van der Waals surface area contributed by atoms with E-state index < -0.39 is 11.2 Å². The molecule has 3 heterocycles. The fraction of sp³-hybridized carbons (Fsp3) is 0.143. The minimum Gasteiger partial charge on any atom is -0.467 e. The van der Waals surface area contributed by atoms with Crippen LogP contribution in [0.15, 0.2) is 75.0 Å². The number of aryl methyl sites for hydroxylation is 1. The van der Waals surface area contributed by atoms with Crippen LogP contribution in [0.2, 0.25) is 0 Å². The SMILES string of the molecule is Cc1ccc(C(=O)Cn2c(=O)n(Cc3ccco3)c(=O)c3ncccc32)cc1. The molecule has 0 fully saturated rings. The van der Waals surface area contributed by atoms with E-state index in [1.54, 1.807) is 36.4 Å². The molecule has 140 valence electrons. The number of carbonyl (C=O) groups excluding carboxylic acids is 1. The number of Topliss-reactive ketones (excluding diaryl/α,β-unsaturated/α-hetero) is 1. The number of nitrogens with zero attached hydrogens (tertiary/aromatic N) is 3. The van der Waals surface area contributed by atoms with E-state index in [0.29, 0.717) is 16.8 Å². The number of pyridine rings is 1. The molecule has 0 saturated carbocycles. The second-order valence-electron chi connectivity index (χ2n) is 6.50. The van der Waals surface area contributed by atoms with Gasteiger partial charge >= 0.3 is 5.69 Å². The highest BCUT2D eigenvalue weighted by Crippen LogP contribution is 2.09. The molecule has 0 amide bonds. The number of aromatic nitrogens is 3. The van der Waals surface area contributed by atoms with Crippen LogP contribution in [0.3, 0.4) is 0 Å². The Hall–Kier alpha value is -3.74. The van der Waals surface area contributed by atoms with Crippen LogP contribution in [-0.2, 0) is 13.1 Å². The predicted octanol–water partition coefficient (Wildman–Crippen LogP) is 2.39. The Morgan fingerprint density at radius 1 is 1.04 bits per heavy atom. The number of ketones is 1. The van der Waals surface area contributed by atoms with Crippen molar-refractivity contribution in [3.63, 3.8) is 0 Å². The van der Waals surface area contributed by atoms with Gasteiger partial charge in [-0.3, -0.25) is 18.7 Å². The van der Waals surface area contributed by atoms with Crippen molar-refractivity contribution in [1.82, 2.24) is 14.1 Å². The van der Waals surface area contributed by atoms with Gasteiger partial charge in [-0.25, -0.2) is 9.78 Å². The molecule has 3 aromatic heterocycles. The van der Waals surface area contributed by atoms with Crippen molar-refractivity contribution in [3.05, 3.63) is 98.7 Å². The quantitative estimate of drug-likeness (QED) is 0.500. The number of rotatable bonds is 5. The number of hydrogen-bond donors (Lipinski definition) is 0. The Morgan fingerprint density at radius 2 is 1.82 bits per heavy atom. The number of fused-ring (bicyclic) bond motifs is 1. The van der Waals surface area contributed by atoms with Crippen molar-refractivity contribution in [3.8, 4) is 0 Å².